The van der Waals surface area contributed by atoms with Crippen LogP contribution in [0.3, 0.4) is 0 Å². The summed E-state index contributed by atoms with van der Waals surface area (Å²) in [5, 5.41) is 0. The summed E-state index contributed by atoms with van der Waals surface area (Å²) in [5.74, 6) is 0.838. The summed E-state index contributed by atoms with van der Waals surface area (Å²) in [6.07, 6.45) is 4.50. The van der Waals surface area contributed by atoms with Gasteiger partial charge in [-0.2, -0.15) is 0 Å². The monoisotopic (exact) mass is 223 g/mol. The highest BCUT2D eigenvalue weighted by molar-refractivity contribution is 5.88. The van der Waals surface area contributed by atoms with Gasteiger partial charge in [0.15, 0.2) is 0 Å². The van der Waals surface area contributed by atoms with E-state index in [4.69, 9.17) is 4.74 Å². The Hall–Kier alpha value is -0.830. The molecule has 2 rings (SSSR count). The van der Waals surface area contributed by atoms with Crippen LogP contribution in [0.4, 0.5) is 0 Å². The normalized spacial score (nSPS) is 31.7. The Labute approximate surface area is 97.5 Å². The molecule has 0 aromatic heterocycles. The SMILES string of the molecule is C/C(=C\C(=O)N1C[C@H](C)OC[C@@H]1C)C1CC1. The Morgan fingerprint density at radius 1 is 1.38 bits per heavy atom. The van der Waals surface area contributed by atoms with Crippen molar-refractivity contribution in [2.45, 2.75) is 45.8 Å². The predicted octanol–water partition coefficient (Wildman–Crippen LogP) is 1.98. The second kappa shape index (κ2) is 4.58. The van der Waals surface area contributed by atoms with Crippen molar-refractivity contribution in [2.75, 3.05) is 13.2 Å². The van der Waals surface area contributed by atoms with E-state index in [-0.39, 0.29) is 18.1 Å². The summed E-state index contributed by atoms with van der Waals surface area (Å²) in [6.45, 7) is 7.51. The maximum atomic E-state index is 12.1. The van der Waals surface area contributed by atoms with Gasteiger partial charge in [-0.05, 0) is 39.5 Å². The number of rotatable bonds is 2. The molecule has 1 aliphatic heterocycles. The molecule has 1 aliphatic carbocycles. The lowest BCUT2D eigenvalue weighted by Gasteiger charge is -2.36. The summed E-state index contributed by atoms with van der Waals surface area (Å²) in [5.41, 5.74) is 1.25. The zero-order valence-electron chi connectivity index (χ0n) is 10.4. The van der Waals surface area contributed by atoms with Crippen LogP contribution in [-0.2, 0) is 9.53 Å². The first-order valence-corrected chi connectivity index (χ1v) is 6.18. The van der Waals surface area contributed by atoms with Gasteiger partial charge in [-0.25, -0.2) is 0 Å². The quantitative estimate of drug-likeness (QED) is 0.670. The zero-order chi connectivity index (χ0) is 11.7. The van der Waals surface area contributed by atoms with Crippen molar-refractivity contribution in [1.29, 1.82) is 0 Å². The minimum absolute atomic E-state index is 0.159. The Morgan fingerprint density at radius 2 is 2.06 bits per heavy atom. The van der Waals surface area contributed by atoms with Crippen molar-refractivity contribution >= 4 is 5.91 Å². The number of ether oxygens (including phenoxy) is 1. The summed E-state index contributed by atoms with van der Waals surface area (Å²) >= 11 is 0. The molecule has 0 aromatic rings. The van der Waals surface area contributed by atoms with E-state index in [9.17, 15) is 4.79 Å². The van der Waals surface area contributed by atoms with Crippen molar-refractivity contribution in [2.24, 2.45) is 5.92 Å². The molecular weight excluding hydrogens is 202 g/mol. The van der Waals surface area contributed by atoms with Crippen LogP contribution in [0.1, 0.15) is 33.6 Å². The third-order valence-corrected chi connectivity index (χ3v) is 3.46. The van der Waals surface area contributed by atoms with Gasteiger partial charge in [-0.15, -0.1) is 0 Å². The van der Waals surface area contributed by atoms with Crippen LogP contribution in [0.15, 0.2) is 11.6 Å². The van der Waals surface area contributed by atoms with Gasteiger partial charge in [0, 0.05) is 12.6 Å². The van der Waals surface area contributed by atoms with Crippen LogP contribution in [0.25, 0.3) is 0 Å². The summed E-state index contributed by atoms with van der Waals surface area (Å²) in [6, 6.07) is 0.201. The number of allylic oxidation sites excluding steroid dienone is 1. The molecular formula is C13H21NO2. The van der Waals surface area contributed by atoms with Crippen molar-refractivity contribution in [1.82, 2.24) is 4.90 Å². The van der Waals surface area contributed by atoms with Crippen LogP contribution in [0.2, 0.25) is 0 Å². The topological polar surface area (TPSA) is 29.5 Å². The van der Waals surface area contributed by atoms with Crippen LogP contribution in [0, 0.1) is 5.92 Å². The first kappa shape index (κ1) is 11.6. The Morgan fingerprint density at radius 3 is 2.69 bits per heavy atom. The maximum absolute atomic E-state index is 12.1. The number of morpholine rings is 1. The number of amides is 1. The molecule has 0 aromatic carbocycles. The summed E-state index contributed by atoms with van der Waals surface area (Å²) in [4.78, 5) is 14.0. The summed E-state index contributed by atoms with van der Waals surface area (Å²) in [7, 11) is 0. The Bertz CT molecular complexity index is 307. The molecule has 1 saturated heterocycles. The lowest BCUT2D eigenvalue weighted by atomic mass is 10.1. The van der Waals surface area contributed by atoms with Gasteiger partial charge < -0.3 is 9.64 Å². The minimum atomic E-state index is 0.159. The van der Waals surface area contributed by atoms with Crippen molar-refractivity contribution in [3.05, 3.63) is 11.6 Å². The number of carbonyl (C=O) groups is 1. The lowest BCUT2D eigenvalue weighted by Crippen LogP contribution is -2.49. The first-order valence-electron chi connectivity index (χ1n) is 6.18. The average Bonchev–Trinajstić information content (AvgIpc) is 3.04. The number of nitrogens with zero attached hydrogens (tertiary/aromatic N) is 1. The third kappa shape index (κ3) is 2.64. The molecule has 0 radical (unpaired) electrons. The predicted molar refractivity (Wildman–Crippen MR) is 63.1 cm³/mol. The van der Waals surface area contributed by atoms with Crippen molar-refractivity contribution in [3.8, 4) is 0 Å². The fourth-order valence-electron chi connectivity index (χ4n) is 2.14. The fourth-order valence-corrected chi connectivity index (χ4v) is 2.14. The fraction of sp³-hybridized carbons (Fsp3) is 0.769. The minimum Gasteiger partial charge on any atom is -0.375 e. The zero-order valence-corrected chi connectivity index (χ0v) is 10.4. The van der Waals surface area contributed by atoms with Gasteiger partial charge in [0.1, 0.15) is 0 Å². The van der Waals surface area contributed by atoms with E-state index in [1.165, 1.54) is 18.4 Å². The van der Waals surface area contributed by atoms with E-state index in [0.29, 0.717) is 19.1 Å². The molecule has 0 bridgehead atoms. The molecule has 1 saturated carbocycles. The van der Waals surface area contributed by atoms with E-state index in [2.05, 4.69) is 6.92 Å². The van der Waals surface area contributed by atoms with Crippen LogP contribution in [-0.4, -0.2) is 36.1 Å². The van der Waals surface area contributed by atoms with Crippen molar-refractivity contribution < 1.29 is 9.53 Å². The van der Waals surface area contributed by atoms with E-state index in [1.54, 1.807) is 0 Å². The van der Waals surface area contributed by atoms with E-state index in [1.807, 2.05) is 24.8 Å². The highest BCUT2D eigenvalue weighted by Gasteiger charge is 2.28. The molecule has 0 N–H and O–H groups in total. The molecule has 0 spiro atoms. The van der Waals surface area contributed by atoms with Gasteiger partial charge in [0.25, 0.3) is 0 Å². The molecule has 16 heavy (non-hydrogen) atoms. The number of carbonyl (C=O) groups excluding carboxylic acids is 1. The second-order valence-electron chi connectivity index (χ2n) is 5.15. The molecule has 2 atom stereocenters. The molecule has 3 nitrogen and oxygen atoms in total. The molecule has 0 unspecified atom stereocenters. The van der Waals surface area contributed by atoms with E-state index in [0.717, 1.165) is 0 Å². The largest absolute Gasteiger partial charge is 0.375 e. The standard InChI is InChI=1S/C13H21NO2/c1-9(12-4-5-12)6-13(15)14-7-11(3)16-8-10(14)2/h6,10-12H,4-5,7-8H2,1-3H3/b9-6+/t10-,11-/m0/s1. The molecule has 1 amide bonds. The van der Waals surface area contributed by atoms with Gasteiger partial charge in [-0.3, -0.25) is 4.79 Å². The molecule has 2 aliphatic rings. The van der Waals surface area contributed by atoms with E-state index >= 15 is 0 Å². The summed E-state index contributed by atoms with van der Waals surface area (Å²) < 4.78 is 5.52. The van der Waals surface area contributed by atoms with Crippen LogP contribution >= 0.6 is 0 Å². The Kier molecular flexibility index (Phi) is 3.33. The third-order valence-electron chi connectivity index (χ3n) is 3.46. The van der Waals surface area contributed by atoms with E-state index < -0.39 is 0 Å². The smallest absolute Gasteiger partial charge is 0.246 e. The maximum Gasteiger partial charge on any atom is 0.246 e. The lowest BCUT2D eigenvalue weighted by molar-refractivity contribution is -0.137. The van der Waals surface area contributed by atoms with Crippen LogP contribution < -0.4 is 0 Å². The number of hydrogen-bond donors (Lipinski definition) is 0. The van der Waals surface area contributed by atoms with Gasteiger partial charge >= 0.3 is 0 Å². The highest BCUT2D eigenvalue weighted by atomic mass is 16.5. The average molecular weight is 223 g/mol. The molecule has 3 heteroatoms. The van der Waals surface area contributed by atoms with Crippen LogP contribution in [0.5, 0.6) is 0 Å². The second-order valence-corrected chi connectivity index (χ2v) is 5.15. The molecule has 90 valence electrons. The molecule has 2 fully saturated rings. The molecule has 1 heterocycles. The first-order chi connectivity index (χ1) is 7.58. The number of hydrogen-bond acceptors (Lipinski definition) is 2. The van der Waals surface area contributed by atoms with Gasteiger partial charge in [0.05, 0.1) is 18.8 Å². The van der Waals surface area contributed by atoms with Gasteiger partial charge in [-0.1, -0.05) is 5.57 Å². The Balaban J connectivity index is 1.99. The van der Waals surface area contributed by atoms with Gasteiger partial charge in [0.2, 0.25) is 5.91 Å². The highest BCUT2D eigenvalue weighted by Crippen LogP contribution is 2.36. The van der Waals surface area contributed by atoms with Crippen molar-refractivity contribution in [3.63, 3.8) is 0 Å².